The zero-order valence-corrected chi connectivity index (χ0v) is 15.9. The second-order valence-electron chi connectivity index (χ2n) is 7.31. The van der Waals surface area contributed by atoms with Gasteiger partial charge in [0.1, 0.15) is 12.1 Å². The summed E-state index contributed by atoms with van der Waals surface area (Å²) < 4.78 is 49.8. The minimum Gasteiger partial charge on any atom is -0.475 e. The normalized spacial score (nSPS) is 21.1. The molecule has 0 aliphatic carbocycles. The van der Waals surface area contributed by atoms with Crippen LogP contribution in [0.15, 0.2) is 47.3 Å². The van der Waals surface area contributed by atoms with Crippen LogP contribution in [0.3, 0.4) is 0 Å². The number of likely N-dealkylation sites (tertiary alicyclic amines) is 2. The molecule has 3 heterocycles. The summed E-state index contributed by atoms with van der Waals surface area (Å²) in [4.78, 5) is 25.7. The van der Waals surface area contributed by atoms with E-state index < -0.39 is 12.1 Å². The molecule has 4 rings (SSSR count). The first-order valence-electron chi connectivity index (χ1n) is 9.22. The Hall–Kier alpha value is -2.88. The smallest absolute Gasteiger partial charge is 0.475 e. The molecule has 0 saturated carbocycles. The Balaban J connectivity index is 0.000000318. The number of alkyl halides is 3. The van der Waals surface area contributed by atoms with Crippen molar-refractivity contribution in [3.05, 3.63) is 59.8 Å². The number of hydrogen-bond acceptors (Lipinski definition) is 4. The Labute approximate surface area is 169 Å². The fraction of sp³-hybridized carbons (Fsp3) is 0.400. The summed E-state index contributed by atoms with van der Waals surface area (Å²) in [6.07, 6.45) is 0.0643. The van der Waals surface area contributed by atoms with Gasteiger partial charge in [-0.15, -0.1) is 0 Å². The summed E-state index contributed by atoms with van der Waals surface area (Å²) in [5, 5.41) is 7.12. The minimum atomic E-state index is -5.08. The Morgan fingerprint density at radius 1 is 1.10 bits per heavy atom. The molecule has 1 aromatic heterocycles. The molecule has 2 fully saturated rings. The summed E-state index contributed by atoms with van der Waals surface area (Å²) >= 11 is 0. The number of furan rings is 1. The van der Waals surface area contributed by atoms with E-state index >= 15 is 0 Å². The van der Waals surface area contributed by atoms with E-state index in [0.29, 0.717) is 5.56 Å². The first-order valence-corrected chi connectivity index (χ1v) is 9.22. The highest BCUT2D eigenvalue weighted by Gasteiger charge is 2.50. The van der Waals surface area contributed by atoms with Gasteiger partial charge in [0, 0.05) is 31.7 Å². The van der Waals surface area contributed by atoms with Crippen molar-refractivity contribution in [2.45, 2.75) is 31.1 Å². The van der Waals surface area contributed by atoms with Crippen molar-refractivity contribution in [2.24, 2.45) is 0 Å². The standard InChI is InChI=1S/C18H19FN2O2.C2HF3O2/c19-16-3-1-14(2-4-16)11-21-9-7-18(21)6-8-20(13-18)17(22)15-5-10-23-12-15;3-2(4,5)1(6)7/h1-5,10,12H,6-9,11,13H2;(H,6,7). The molecule has 2 saturated heterocycles. The fourth-order valence-electron chi connectivity index (χ4n) is 3.70. The van der Waals surface area contributed by atoms with Crippen LogP contribution in [-0.4, -0.2) is 58.1 Å². The Kier molecular flexibility index (Phi) is 6.16. The van der Waals surface area contributed by atoms with E-state index in [9.17, 15) is 22.4 Å². The number of hydrogen-bond donors (Lipinski definition) is 1. The molecule has 2 aliphatic rings. The van der Waals surface area contributed by atoms with E-state index in [1.54, 1.807) is 6.07 Å². The highest BCUT2D eigenvalue weighted by atomic mass is 19.4. The molecule has 1 atom stereocenters. The average Bonchev–Trinajstić information content (AvgIpc) is 3.37. The van der Waals surface area contributed by atoms with Crippen LogP contribution in [0, 0.1) is 5.82 Å². The molecule has 2 aliphatic heterocycles. The lowest BCUT2D eigenvalue weighted by atomic mass is 9.83. The lowest BCUT2D eigenvalue weighted by molar-refractivity contribution is -0.192. The molecular weight excluding hydrogens is 408 g/mol. The quantitative estimate of drug-likeness (QED) is 0.757. The van der Waals surface area contributed by atoms with Gasteiger partial charge < -0.3 is 14.4 Å². The van der Waals surface area contributed by atoms with Gasteiger partial charge >= 0.3 is 12.1 Å². The highest BCUT2D eigenvalue weighted by Crippen LogP contribution is 2.40. The van der Waals surface area contributed by atoms with Crippen LogP contribution in [0.25, 0.3) is 0 Å². The fourth-order valence-corrected chi connectivity index (χ4v) is 3.70. The van der Waals surface area contributed by atoms with Gasteiger partial charge in [-0.3, -0.25) is 9.69 Å². The number of amides is 1. The number of carbonyl (C=O) groups excluding carboxylic acids is 1. The lowest BCUT2D eigenvalue weighted by Gasteiger charge is -2.50. The van der Waals surface area contributed by atoms with Gasteiger partial charge in [0.25, 0.3) is 5.91 Å². The van der Waals surface area contributed by atoms with Crippen LogP contribution in [-0.2, 0) is 11.3 Å². The molecule has 162 valence electrons. The number of carboxylic acids is 1. The second kappa shape index (κ2) is 8.47. The number of nitrogens with zero attached hydrogens (tertiary/aromatic N) is 2. The predicted octanol–water partition coefficient (Wildman–Crippen LogP) is 3.54. The molecular formula is C20H20F4N2O4. The SMILES string of the molecule is O=C(O)C(F)(F)F.O=C(c1ccoc1)N1CCC2(CCN2Cc2ccc(F)cc2)C1. The van der Waals surface area contributed by atoms with Gasteiger partial charge in [0.15, 0.2) is 0 Å². The molecule has 10 heteroatoms. The molecule has 1 spiro atoms. The van der Waals surface area contributed by atoms with Crippen molar-refractivity contribution < 1.29 is 36.7 Å². The maximum Gasteiger partial charge on any atom is 0.490 e. The van der Waals surface area contributed by atoms with E-state index in [4.69, 9.17) is 14.3 Å². The summed E-state index contributed by atoms with van der Waals surface area (Å²) in [5.74, 6) is -2.92. The van der Waals surface area contributed by atoms with Gasteiger partial charge in [0.05, 0.1) is 11.8 Å². The van der Waals surface area contributed by atoms with Crippen LogP contribution < -0.4 is 0 Å². The van der Waals surface area contributed by atoms with Crippen LogP contribution in [0.2, 0.25) is 0 Å². The first kappa shape index (κ1) is 21.8. The zero-order chi connectivity index (χ0) is 21.9. The van der Waals surface area contributed by atoms with Crippen molar-refractivity contribution in [3.63, 3.8) is 0 Å². The topological polar surface area (TPSA) is 74.0 Å². The first-order chi connectivity index (χ1) is 14.1. The number of halogens is 4. The third kappa shape index (κ3) is 4.81. The number of carbonyl (C=O) groups is 2. The van der Waals surface area contributed by atoms with E-state index in [1.165, 1.54) is 24.7 Å². The van der Waals surface area contributed by atoms with E-state index in [1.807, 2.05) is 17.0 Å². The summed E-state index contributed by atoms with van der Waals surface area (Å²) in [6, 6.07) is 8.40. The second-order valence-corrected chi connectivity index (χ2v) is 7.31. The van der Waals surface area contributed by atoms with Gasteiger partial charge in [-0.25, -0.2) is 9.18 Å². The van der Waals surface area contributed by atoms with Crippen LogP contribution >= 0.6 is 0 Å². The lowest BCUT2D eigenvalue weighted by Crippen LogP contribution is -2.60. The molecule has 30 heavy (non-hydrogen) atoms. The third-order valence-corrected chi connectivity index (χ3v) is 5.43. The van der Waals surface area contributed by atoms with E-state index in [0.717, 1.165) is 44.6 Å². The molecule has 1 unspecified atom stereocenters. The number of rotatable bonds is 3. The largest absolute Gasteiger partial charge is 0.490 e. The zero-order valence-electron chi connectivity index (χ0n) is 15.9. The third-order valence-electron chi connectivity index (χ3n) is 5.43. The monoisotopic (exact) mass is 428 g/mol. The molecule has 1 N–H and O–H groups in total. The van der Waals surface area contributed by atoms with Crippen LogP contribution in [0.4, 0.5) is 17.6 Å². The maximum atomic E-state index is 13.0. The van der Waals surface area contributed by atoms with E-state index in [-0.39, 0.29) is 17.3 Å². The van der Waals surface area contributed by atoms with Gasteiger partial charge in [-0.2, -0.15) is 13.2 Å². The van der Waals surface area contributed by atoms with Gasteiger partial charge in [-0.05, 0) is 36.6 Å². The van der Waals surface area contributed by atoms with Crippen molar-refractivity contribution in [2.75, 3.05) is 19.6 Å². The average molecular weight is 428 g/mol. The number of benzene rings is 1. The summed E-state index contributed by atoms with van der Waals surface area (Å²) in [6.45, 7) is 3.39. The Bertz CT molecular complexity index is 883. The summed E-state index contributed by atoms with van der Waals surface area (Å²) in [5.41, 5.74) is 1.82. The Morgan fingerprint density at radius 2 is 1.73 bits per heavy atom. The molecule has 6 nitrogen and oxygen atoms in total. The molecule has 1 aromatic carbocycles. The van der Waals surface area contributed by atoms with Crippen molar-refractivity contribution in [1.29, 1.82) is 0 Å². The molecule has 2 aromatic rings. The van der Waals surface area contributed by atoms with Crippen molar-refractivity contribution in [1.82, 2.24) is 9.80 Å². The number of carboxylic acid groups (broad SMARTS) is 1. The minimum absolute atomic E-state index is 0.0456. The molecule has 1 amide bonds. The van der Waals surface area contributed by atoms with Gasteiger partial charge in [-0.1, -0.05) is 12.1 Å². The highest BCUT2D eigenvalue weighted by molar-refractivity contribution is 5.94. The predicted molar refractivity (Wildman–Crippen MR) is 97.1 cm³/mol. The molecule has 0 bridgehead atoms. The number of aliphatic carboxylic acids is 1. The molecule has 0 radical (unpaired) electrons. The summed E-state index contributed by atoms with van der Waals surface area (Å²) in [7, 11) is 0. The van der Waals surface area contributed by atoms with Gasteiger partial charge in [0.2, 0.25) is 0 Å². The van der Waals surface area contributed by atoms with Crippen molar-refractivity contribution in [3.8, 4) is 0 Å². The van der Waals surface area contributed by atoms with Crippen molar-refractivity contribution >= 4 is 11.9 Å². The Morgan fingerprint density at radius 3 is 2.23 bits per heavy atom. The van der Waals surface area contributed by atoms with Crippen LogP contribution in [0.5, 0.6) is 0 Å². The maximum absolute atomic E-state index is 13.0. The van der Waals surface area contributed by atoms with Crippen LogP contribution in [0.1, 0.15) is 28.8 Å². The van der Waals surface area contributed by atoms with E-state index in [2.05, 4.69) is 4.90 Å².